The number of thiazole rings is 1. The fourth-order valence-electron chi connectivity index (χ4n) is 2.29. The van der Waals surface area contributed by atoms with E-state index in [1.807, 2.05) is 18.2 Å². The van der Waals surface area contributed by atoms with Gasteiger partial charge in [0.1, 0.15) is 6.20 Å². The highest BCUT2D eigenvalue weighted by Crippen LogP contribution is 2.32. The molecule has 0 fully saturated rings. The van der Waals surface area contributed by atoms with Crippen molar-refractivity contribution in [2.24, 2.45) is 0 Å². The van der Waals surface area contributed by atoms with Crippen LogP contribution in [0.3, 0.4) is 0 Å². The van der Waals surface area contributed by atoms with Gasteiger partial charge in [-0.3, -0.25) is 10.1 Å². The molecule has 0 atom stereocenters. The first-order chi connectivity index (χ1) is 9.15. The lowest BCUT2D eigenvalue weighted by molar-refractivity contribution is -0.380. The third-order valence-electron chi connectivity index (χ3n) is 3.23. The maximum absolute atomic E-state index is 10.7. The molecule has 3 rings (SSSR count). The third-order valence-corrected chi connectivity index (χ3v) is 4.24. The Balaban J connectivity index is 1.87. The highest BCUT2D eigenvalue weighted by molar-refractivity contribution is 7.18. The average molecular weight is 276 g/mol. The van der Waals surface area contributed by atoms with E-state index in [2.05, 4.69) is 9.88 Å². The Kier molecular flexibility index (Phi) is 2.83. The number of nitro groups is 1. The normalized spacial score (nSPS) is 14.2. The molecule has 2 heterocycles. The summed E-state index contributed by atoms with van der Waals surface area (Å²) in [5.74, 6) is 0. The van der Waals surface area contributed by atoms with E-state index in [1.165, 1.54) is 17.3 Å². The number of nitrogens with two attached hydrogens (primary N) is 1. The number of nitrogen functional groups attached to an aromatic ring is 1. The van der Waals surface area contributed by atoms with Crippen molar-refractivity contribution >= 4 is 27.2 Å². The summed E-state index contributed by atoms with van der Waals surface area (Å²) in [4.78, 5) is 16.5. The Morgan fingerprint density at radius 2 is 2.32 bits per heavy atom. The molecule has 1 aromatic carbocycles. The number of fused-ring (bicyclic) bond motifs is 1. The van der Waals surface area contributed by atoms with Crippen molar-refractivity contribution in [1.29, 1.82) is 0 Å². The van der Waals surface area contributed by atoms with Gasteiger partial charge < -0.3 is 10.6 Å². The van der Waals surface area contributed by atoms with Gasteiger partial charge in [0.15, 0.2) is 5.13 Å². The van der Waals surface area contributed by atoms with Crippen LogP contribution in [0.4, 0.5) is 15.8 Å². The minimum absolute atomic E-state index is 0.0772. The van der Waals surface area contributed by atoms with Crippen LogP contribution >= 0.6 is 11.3 Å². The average Bonchev–Trinajstić information content (AvgIpc) is 2.88. The molecule has 0 saturated heterocycles. The van der Waals surface area contributed by atoms with Crippen LogP contribution in [-0.4, -0.2) is 16.5 Å². The number of aromatic nitrogens is 1. The van der Waals surface area contributed by atoms with Crippen LogP contribution in [0.25, 0.3) is 0 Å². The molecule has 0 bridgehead atoms. The van der Waals surface area contributed by atoms with Crippen molar-refractivity contribution in [2.45, 2.75) is 13.0 Å². The summed E-state index contributed by atoms with van der Waals surface area (Å²) in [6.45, 7) is 1.48. The van der Waals surface area contributed by atoms with Gasteiger partial charge in [0.2, 0.25) is 0 Å². The molecule has 2 N–H and O–H groups in total. The van der Waals surface area contributed by atoms with Crippen molar-refractivity contribution in [3.63, 3.8) is 0 Å². The van der Waals surface area contributed by atoms with Crippen molar-refractivity contribution in [2.75, 3.05) is 17.2 Å². The molecule has 0 amide bonds. The zero-order valence-electron chi connectivity index (χ0n) is 10.1. The summed E-state index contributed by atoms with van der Waals surface area (Å²) in [5.41, 5.74) is 9.13. The fourth-order valence-corrected chi connectivity index (χ4v) is 3.05. The molecule has 0 radical (unpaired) electrons. The summed E-state index contributed by atoms with van der Waals surface area (Å²) < 4.78 is 0. The largest absolute Gasteiger partial charge is 0.398 e. The Morgan fingerprint density at radius 3 is 3.05 bits per heavy atom. The van der Waals surface area contributed by atoms with E-state index in [0.29, 0.717) is 11.7 Å². The van der Waals surface area contributed by atoms with Crippen molar-refractivity contribution < 1.29 is 4.92 Å². The van der Waals surface area contributed by atoms with Crippen LogP contribution in [0, 0.1) is 10.1 Å². The number of hydrogen-bond acceptors (Lipinski definition) is 6. The van der Waals surface area contributed by atoms with Gasteiger partial charge in [0, 0.05) is 18.8 Å². The van der Waals surface area contributed by atoms with Crippen LogP contribution in [0.15, 0.2) is 24.4 Å². The standard InChI is InChI=1S/C12H12N4O2S/c13-10-3-1-2-8-7-15(5-4-9(8)10)12-14-6-11(19-12)16(17)18/h1-3,6H,4-5,7,13H2. The molecule has 0 saturated carbocycles. The van der Waals surface area contributed by atoms with Crippen molar-refractivity contribution in [3.05, 3.63) is 45.6 Å². The summed E-state index contributed by atoms with van der Waals surface area (Å²) >= 11 is 1.11. The number of hydrogen-bond donors (Lipinski definition) is 1. The minimum atomic E-state index is -0.406. The van der Waals surface area contributed by atoms with E-state index in [1.54, 1.807) is 0 Å². The van der Waals surface area contributed by atoms with Crippen LogP contribution in [0.2, 0.25) is 0 Å². The maximum atomic E-state index is 10.7. The van der Waals surface area contributed by atoms with Gasteiger partial charge in [-0.2, -0.15) is 0 Å². The lowest BCUT2D eigenvalue weighted by Gasteiger charge is -2.28. The van der Waals surface area contributed by atoms with Gasteiger partial charge in [-0.15, -0.1) is 0 Å². The van der Waals surface area contributed by atoms with E-state index < -0.39 is 4.92 Å². The van der Waals surface area contributed by atoms with Crippen LogP contribution in [0.5, 0.6) is 0 Å². The Hall–Kier alpha value is -2.15. The third kappa shape index (κ3) is 2.12. The molecule has 7 heteroatoms. The van der Waals surface area contributed by atoms with E-state index in [-0.39, 0.29) is 5.00 Å². The number of nitrogens with zero attached hydrogens (tertiary/aromatic N) is 3. The molecule has 6 nitrogen and oxygen atoms in total. The Bertz CT molecular complexity index is 640. The second-order valence-electron chi connectivity index (χ2n) is 4.39. The lowest BCUT2D eigenvalue weighted by Crippen LogP contribution is -2.30. The fraction of sp³-hybridized carbons (Fsp3) is 0.250. The Labute approximate surface area is 113 Å². The Morgan fingerprint density at radius 1 is 1.47 bits per heavy atom. The predicted molar refractivity (Wildman–Crippen MR) is 74.4 cm³/mol. The van der Waals surface area contributed by atoms with Gasteiger partial charge >= 0.3 is 5.00 Å². The smallest absolute Gasteiger partial charge is 0.345 e. The summed E-state index contributed by atoms with van der Waals surface area (Å²) in [6, 6.07) is 5.88. The molecule has 0 unspecified atom stereocenters. The van der Waals surface area contributed by atoms with Gasteiger partial charge in [0.05, 0.1) is 4.92 Å². The summed E-state index contributed by atoms with van der Waals surface area (Å²) in [7, 11) is 0. The SMILES string of the molecule is Nc1cccc2c1CCN(c1ncc([N+](=O)[O-])s1)C2. The minimum Gasteiger partial charge on any atom is -0.398 e. The van der Waals surface area contributed by atoms with Crippen molar-refractivity contribution in [3.8, 4) is 0 Å². The number of anilines is 2. The topological polar surface area (TPSA) is 85.3 Å². The first-order valence-electron chi connectivity index (χ1n) is 5.86. The van der Waals surface area contributed by atoms with Crippen LogP contribution in [0.1, 0.15) is 11.1 Å². The molecule has 1 aromatic heterocycles. The number of rotatable bonds is 2. The first-order valence-corrected chi connectivity index (χ1v) is 6.68. The van der Waals surface area contributed by atoms with E-state index in [9.17, 15) is 10.1 Å². The number of benzene rings is 1. The second kappa shape index (κ2) is 4.51. The van der Waals surface area contributed by atoms with Gasteiger partial charge in [-0.25, -0.2) is 4.98 Å². The molecule has 19 heavy (non-hydrogen) atoms. The molecule has 98 valence electrons. The van der Waals surface area contributed by atoms with E-state index in [0.717, 1.165) is 30.0 Å². The molecule has 0 spiro atoms. The lowest BCUT2D eigenvalue weighted by atomic mass is 9.98. The summed E-state index contributed by atoms with van der Waals surface area (Å²) in [5, 5.41) is 11.5. The predicted octanol–water partition coefficient (Wildman–Crippen LogP) is 2.20. The maximum Gasteiger partial charge on any atom is 0.345 e. The molecule has 1 aliphatic heterocycles. The van der Waals surface area contributed by atoms with Gasteiger partial charge in [-0.1, -0.05) is 12.1 Å². The molecule has 0 aliphatic carbocycles. The highest BCUT2D eigenvalue weighted by Gasteiger charge is 2.22. The molecule has 2 aromatic rings. The van der Waals surface area contributed by atoms with Gasteiger partial charge in [0.25, 0.3) is 0 Å². The highest BCUT2D eigenvalue weighted by atomic mass is 32.1. The first kappa shape index (κ1) is 11.9. The molecule has 1 aliphatic rings. The van der Waals surface area contributed by atoms with E-state index in [4.69, 9.17) is 5.73 Å². The zero-order chi connectivity index (χ0) is 13.4. The second-order valence-corrected chi connectivity index (χ2v) is 5.38. The quantitative estimate of drug-likeness (QED) is 0.516. The molecular weight excluding hydrogens is 264 g/mol. The van der Waals surface area contributed by atoms with Crippen LogP contribution < -0.4 is 10.6 Å². The van der Waals surface area contributed by atoms with Gasteiger partial charge in [-0.05, 0) is 35.0 Å². The molecular formula is C12H12N4O2S. The van der Waals surface area contributed by atoms with E-state index >= 15 is 0 Å². The van der Waals surface area contributed by atoms with Crippen LogP contribution in [-0.2, 0) is 13.0 Å². The summed E-state index contributed by atoms with van der Waals surface area (Å²) in [6.07, 6.45) is 2.16. The monoisotopic (exact) mass is 276 g/mol. The zero-order valence-corrected chi connectivity index (χ0v) is 10.9. The van der Waals surface area contributed by atoms with Crippen molar-refractivity contribution in [1.82, 2.24) is 4.98 Å².